The molecule has 3 N–H and O–H groups in total. The summed E-state index contributed by atoms with van der Waals surface area (Å²) in [6.45, 7) is 4.15. The van der Waals surface area contributed by atoms with Gasteiger partial charge in [0.2, 0.25) is 0 Å². The number of rotatable bonds is 4. The van der Waals surface area contributed by atoms with E-state index < -0.39 is 0 Å². The van der Waals surface area contributed by atoms with E-state index in [4.69, 9.17) is 4.42 Å². The second kappa shape index (κ2) is 5.02. The van der Waals surface area contributed by atoms with Gasteiger partial charge in [-0.1, -0.05) is 6.07 Å². The summed E-state index contributed by atoms with van der Waals surface area (Å²) >= 11 is 0. The van der Waals surface area contributed by atoms with Crippen LogP contribution in [0.2, 0.25) is 0 Å². The molecular weight excluding hydrogens is 254 g/mol. The van der Waals surface area contributed by atoms with E-state index in [0.717, 1.165) is 22.4 Å². The molecule has 0 bridgehead atoms. The summed E-state index contributed by atoms with van der Waals surface area (Å²) in [5, 5.41) is 3.47. The van der Waals surface area contributed by atoms with Gasteiger partial charge in [-0.15, -0.1) is 0 Å². The fourth-order valence-electron chi connectivity index (χ4n) is 2.41. The van der Waals surface area contributed by atoms with E-state index in [9.17, 15) is 4.79 Å². The van der Waals surface area contributed by atoms with Gasteiger partial charge in [0.25, 0.3) is 0 Å². The Hall–Kier alpha value is -2.27. The maximum absolute atomic E-state index is 11.3. The summed E-state index contributed by atoms with van der Waals surface area (Å²) in [5.41, 5.74) is 2.59. The van der Waals surface area contributed by atoms with Crippen LogP contribution in [0.3, 0.4) is 0 Å². The van der Waals surface area contributed by atoms with Crippen LogP contribution in [0.1, 0.15) is 37.3 Å². The highest BCUT2D eigenvalue weighted by molar-refractivity contribution is 5.75. The average molecular weight is 271 g/mol. The molecular formula is C15H17N3O2. The molecule has 3 aromatic rings. The van der Waals surface area contributed by atoms with Crippen LogP contribution < -0.4 is 11.0 Å². The topological polar surface area (TPSA) is 73.8 Å². The molecule has 0 fully saturated rings. The molecule has 0 aliphatic heterocycles. The first kappa shape index (κ1) is 12.7. The van der Waals surface area contributed by atoms with Crippen molar-refractivity contribution in [1.29, 1.82) is 0 Å². The fraction of sp³-hybridized carbons (Fsp3) is 0.267. The average Bonchev–Trinajstić information content (AvgIpc) is 3.05. The Morgan fingerprint density at radius 2 is 1.90 bits per heavy atom. The van der Waals surface area contributed by atoms with Crippen LogP contribution >= 0.6 is 0 Å². The number of aromatic amines is 2. The minimum atomic E-state index is -0.179. The lowest BCUT2D eigenvalue weighted by molar-refractivity contribution is 0.403. The molecule has 1 aromatic carbocycles. The van der Waals surface area contributed by atoms with Crippen LogP contribution in [-0.2, 0) is 0 Å². The van der Waals surface area contributed by atoms with Gasteiger partial charge in [0.1, 0.15) is 5.76 Å². The number of benzene rings is 1. The lowest BCUT2D eigenvalue weighted by Gasteiger charge is -2.19. The molecule has 0 aliphatic rings. The Balaban J connectivity index is 1.81. The van der Waals surface area contributed by atoms with Gasteiger partial charge < -0.3 is 19.7 Å². The summed E-state index contributed by atoms with van der Waals surface area (Å²) in [6.07, 6.45) is 1.68. The van der Waals surface area contributed by atoms with Crippen LogP contribution in [0, 0.1) is 0 Å². The largest absolute Gasteiger partial charge is 0.468 e. The van der Waals surface area contributed by atoms with Crippen molar-refractivity contribution < 1.29 is 4.42 Å². The Morgan fingerprint density at radius 3 is 2.65 bits per heavy atom. The zero-order chi connectivity index (χ0) is 14.1. The number of furan rings is 1. The quantitative estimate of drug-likeness (QED) is 0.683. The van der Waals surface area contributed by atoms with Crippen LogP contribution in [0.25, 0.3) is 11.0 Å². The number of fused-ring (bicyclic) bond motifs is 1. The summed E-state index contributed by atoms with van der Waals surface area (Å²) in [7, 11) is 0. The van der Waals surface area contributed by atoms with Gasteiger partial charge in [-0.2, -0.15) is 0 Å². The molecule has 2 atom stereocenters. The molecule has 2 aromatic heterocycles. The first-order chi connectivity index (χ1) is 9.63. The van der Waals surface area contributed by atoms with Crippen molar-refractivity contribution in [1.82, 2.24) is 15.3 Å². The monoisotopic (exact) mass is 271 g/mol. The zero-order valence-corrected chi connectivity index (χ0v) is 11.4. The third-order valence-electron chi connectivity index (χ3n) is 3.51. The van der Waals surface area contributed by atoms with Crippen molar-refractivity contribution in [3.8, 4) is 0 Å². The summed E-state index contributed by atoms with van der Waals surface area (Å²) < 4.78 is 5.39. The van der Waals surface area contributed by atoms with E-state index >= 15 is 0 Å². The molecule has 1 unspecified atom stereocenters. The van der Waals surface area contributed by atoms with Crippen molar-refractivity contribution in [2.75, 3.05) is 0 Å². The second-order valence-corrected chi connectivity index (χ2v) is 5.01. The first-order valence-corrected chi connectivity index (χ1v) is 6.65. The van der Waals surface area contributed by atoms with Crippen molar-refractivity contribution in [2.45, 2.75) is 25.9 Å². The number of hydrogen-bond donors (Lipinski definition) is 3. The molecule has 0 saturated heterocycles. The van der Waals surface area contributed by atoms with Gasteiger partial charge in [-0.05, 0) is 43.7 Å². The van der Waals surface area contributed by atoms with Crippen molar-refractivity contribution in [3.63, 3.8) is 0 Å². The SMILES string of the molecule is CC(N[C@H](C)c1ccco1)c1ccc2[nH]c(=O)[nH]c2c1. The molecule has 0 amide bonds. The highest BCUT2D eigenvalue weighted by atomic mass is 16.3. The van der Waals surface area contributed by atoms with Crippen LogP contribution in [0.4, 0.5) is 0 Å². The number of imidazole rings is 1. The van der Waals surface area contributed by atoms with Crippen molar-refractivity contribution in [3.05, 3.63) is 58.4 Å². The Kier molecular flexibility index (Phi) is 3.20. The zero-order valence-electron chi connectivity index (χ0n) is 11.4. The predicted octanol–water partition coefficient (Wildman–Crippen LogP) is 2.86. The third-order valence-corrected chi connectivity index (χ3v) is 3.51. The molecule has 0 radical (unpaired) electrons. The van der Waals surface area contributed by atoms with E-state index in [2.05, 4.69) is 29.1 Å². The van der Waals surface area contributed by atoms with Crippen molar-refractivity contribution >= 4 is 11.0 Å². The van der Waals surface area contributed by atoms with Gasteiger partial charge >= 0.3 is 5.69 Å². The van der Waals surface area contributed by atoms with E-state index in [-0.39, 0.29) is 17.8 Å². The van der Waals surface area contributed by atoms with E-state index in [0.29, 0.717) is 0 Å². The lowest BCUT2D eigenvalue weighted by Crippen LogP contribution is -2.22. The smallest absolute Gasteiger partial charge is 0.323 e. The molecule has 0 spiro atoms. The molecule has 5 heteroatoms. The van der Waals surface area contributed by atoms with Gasteiger partial charge in [0, 0.05) is 6.04 Å². The fourth-order valence-corrected chi connectivity index (χ4v) is 2.41. The molecule has 3 rings (SSSR count). The molecule has 2 heterocycles. The Labute approximate surface area is 116 Å². The normalized spacial score (nSPS) is 14.5. The lowest BCUT2D eigenvalue weighted by atomic mass is 10.1. The summed E-state index contributed by atoms with van der Waals surface area (Å²) in [5.74, 6) is 0.910. The van der Waals surface area contributed by atoms with Gasteiger partial charge in [0.05, 0.1) is 23.3 Å². The maximum atomic E-state index is 11.3. The minimum absolute atomic E-state index is 0.126. The van der Waals surface area contributed by atoms with Crippen LogP contribution in [0.15, 0.2) is 45.8 Å². The van der Waals surface area contributed by atoms with Crippen molar-refractivity contribution in [2.24, 2.45) is 0 Å². The second-order valence-electron chi connectivity index (χ2n) is 5.01. The predicted molar refractivity (Wildman–Crippen MR) is 77.6 cm³/mol. The Morgan fingerprint density at radius 1 is 1.10 bits per heavy atom. The number of H-pyrrole nitrogens is 2. The van der Waals surface area contributed by atoms with E-state index in [1.807, 2.05) is 30.3 Å². The molecule has 20 heavy (non-hydrogen) atoms. The highest BCUT2D eigenvalue weighted by Gasteiger charge is 2.13. The number of aromatic nitrogens is 2. The molecule has 0 saturated carbocycles. The standard InChI is InChI=1S/C15H17N3O2/c1-9(16-10(2)14-4-3-7-20-14)11-5-6-12-13(8-11)18-15(19)17-12/h3-10,16H,1-2H3,(H2,17,18,19)/t9?,10-/m1/s1. The Bertz CT molecular complexity index is 755. The highest BCUT2D eigenvalue weighted by Crippen LogP contribution is 2.21. The number of nitrogens with one attached hydrogen (secondary N) is 3. The molecule has 0 aliphatic carbocycles. The van der Waals surface area contributed by atoms with Gasteiger partial charge in [-0.3, -0.25) is 0 Å². The third kappa shape index (κ3) is 2.40. The van der Waals surface area contributed by atoms with Gasteiger partial charge in [-0.25, -0.2) is 4.79 Å². The van der Waals surface area contributed by atoms with Crippen LogP contribution in [0.5, 0.6) is 0 Å². The maximum Gasteiger partial charge on any atom is 0.323 e. The summed E-state index contributed by atoms with van der Waals surface area (Å²) in [4.78, 5) is 16.8. The van der Waals surface area contributed by atoms with E-state index in [1.165, 1.54) is 0 Å². The molecule has 5 nitrogen and oxygen atoms in total. The molecule has 104 valence electrons. The minimum Gasteiger partial charge on any atom is -0.468 e. The first-order valence-electron chi connectivity index (χ1n) is 6.65. The summed E-state index contributed by atoms with van der Waals surface area (Å²) in [6, 6.07) is 10.0. The van der Waals surface area contributed by atoms with E-state index in [1.54, 1.807) is 6.26 Å². The number of hydrogen-bond acceptors (Lipinski definition) is 3. The van der Waals surface area contributed by atoms with Gasteiger partial charge in [0.15, 0.2) is 0 Å². The van der Waals surface area contributed by atoms with Crippen LogP contribution in [-0.4, -0.2) is 9.97 Å².